The number of nitrogens with one attached hydrogen (secondary N) is 1. The molecule has 0 saturated carbocycles. The van der Waals surface area contributed by atoms with E-state index >= 15 is 0 Å². The molecule has 0 unspecified atom stereocenters. The maximum Gasteiger partial charge on any atom is 0.256 e. The van der Waals surface area contributed by atoms with Crippen molar-refractivity contribution in [3.63, 3.8) is 0 Å². The molecule has 1 aliphatic rings. The minimum atomic E-state index is -0.194. The van der Waals surface area contributed by atoms with Gasteiger partial charge in [0.2, 0.25) is 0 Å². The van der Waals surface area contributed by atoms with Gasteiger partial charge in [0.15, 0.2) is 0 Å². The van der Waals surface area contributed by atoms with Crippen LogP contribution in [0, 0.1) is 11.3 Å². The van der Waals surface area contributed by atoms with Crippen molar-refractivity contribution in [1.29, 1.82) is 5.26 Å². The Kier molecular flexibility index (Phi) is 4.97. The summed E-state index contributed by atoms with van der Waals surface area (Å²) in [7, 11) is 0. The molecule has 27 heavy (non-hydrogen) atoms. The number of benzene rings is 2. The zero-order chi connectivity index (χ0) is 18.8. The lowest BCUT2D eigenvalue weighted by molar-refractivity contribution is 0.102. The smallest absolute Gasteiger partial charge is 0.256 e. The summed E-state index contributed by atoms with van der Waals surface area (Å²) in [6, 6.07) is 15.3. The van der Waals surface area contributed by atoms with Crippen molar-refractivity contribution in [1.82, 2.24) is 0 Å². The number of thiophene rings is 1. The summed E-state index contributed by atoms with van der Waals surface area (Å²) in [5.41, 5.74) is 4.37. The van der Waals surface area contributed by atoms with Gasteiger partial charge in [0.05, 0.1) is 24.7 Å². The minimum Gasteiger partial charge on any atom is -0.493 e. The van der Waals surface area contributed by atoms with Gasteiger partial charge in [0.1, 0.15) is 5.75 Å². The second-order valence-electron chi connectivity index (χ2n) is 6.19. The van der Waals surface area contributed by atoms with Gasteiger partial charge in [0, 0.05) is 27.0 Å². The summed E-state index contributed by atoms with van der Waals surface area (Å²) in [5, 5.41) is 13.7. The third kappa shape index (κ3) is 3.61. The number of amides is 1. The monoisotopic (exact) mass is 438 g/mol. The largest absolute Gasteiger partial charge is 0.493 e. The van der Waals surface area contributed by atoms with Gasteiger partial charge >= 0.3 is 0 Å². The van der Waals surface area contributed by atoms with Crippen LogP contribution in [0.5, 0.6) is 5.75 Å². The third-order valence-electron chi connectivity index (χ3n) is 4.43. The number of ether oxygens (including phenoxy) is 1. The van der Waals surface area contributed by atoms with Crippen molar-refractivity contribution < 1.29 is 9.53 Å². The molecule has 4 rings (SSSR count). The van der Waals surface area contributed by atoms with E-state index in [9.17, 15) is 4.79 Å². The highest BCUT2D eigenvalue weighted by atomic mass is 79.9. The summed E-state index contributed by atoms with van der Waals surface area (Å²) in [4.78, 5) is 14.0. The SMILES string of the molecule is N#CCc1ccc(NC(=O)c2cc3c(cc2Br)OCCc2ccsc2-3)cc1. The molecule has 1 aliphatic heterocycles. The van der Waals surface area contributed by atoms with E-state index in [0.29, 0.717) is 28.8 Å². The molecule has 0 saturated heterocycles. The fourth-order valence-electron chi connectivity index (χ4n) is 3.06. The van der Waals surface area contributed by atoms with E-state index in [1.54, 1.807) is 11.3 Å². The number of carbonyl (C=O) groups excluding carboxylic acids is 1. The molecule has 6 heteroatoms. The van der Waals surface area contributed by atoms with Gasteiger partial charge in [-0.15, -0.1) is 11.3 Å². The fourth-order valence-corrected chi connectivity index (χ4v) is 4.54. The molecule has 4 nitrogen and oxygen atoms in total. The molecule has 0 fully saturated rings. The minimum absolute atomic E-state index is 0.194. The highest BCUT2D eigenvalue weighted by Gasteiger charge is 2.21. The second kappa shape index (κ2) is 7.55. The number of carbonyl (C=O) groups is 1. The van der Waals surface area contributed by atoms with E-state index in [0.717, 1.165) is 28.2 Å². The maximum atomic E-state index is 12.8. The Bertz CT molecular complexity index is 1050. The predicted octanol–water partition coefficient (Wildman–Crippen LogP) is 5.43. The van der Waals surface area contributed by atoms with Gasteiger partial charge in [-0.1, -0.05) is 12.1 Å². The zero-order valence-corrected chi connectivity index (χ0v) is 16.7. The molecule has 0 bridgehead atoms. The summed E-state index contributed by atoms with van der Waals surface area (Å²) in [6.07, 6.45) is 1.22. The van der Waals surface area contributed by atoms with Crippen LogP contribution in [-0.2, 0) is 12.8 Å². The number of rotatable bonds is 3. The van der Waals surface area contributed by atoms with Gasteiger partial charge < -0.3 is 10.1 Å². The molecule has 0 radical (unpaired) electrons. The fraction of sp³-hybridized carbons (Fsp3) is 0.143. The van der Waals surface area contributed by atoms with Crippen molar-refractivity contribution in [3.8, 4) is 22.3 Å². The first kappa shape index (κ1) is 17.8. The van der Waals surface area contributed by atoms with E-state index < -0.39 is 0 Å². The Hall–Kier alpha value is -2.62. The molecule has 2 heterocycles. The molecule has 134 valence electrons. The van der Waals surface area contributed by atoms with Gasteiger partial charge in [0.25, 0.3) is 5.91 Å². The number of anilines is 1. The van der Waals surface area contributed by atoms with Crippen LogP contribution in [0.2, 0.25) is 0 Å². The molecular weight excluding hydrogens is 424 g/mol. The summed E-state index contributed by atoms with van der Waals surface area (Å²) >= 11 is 5.17. The van der Waals surface area contributed by atoms with Crippen molar-refractivity contribution in [2.24, 2.45) is 0 Å². The molecule has 3 aromatic rings. The summed E-state index contributed by atoms with van der Waals surface area (Å²) in [5.74, 6) is 0.598. The normalized spacial score (nSPS) is 12.1. The molecule has 0 aliphatic carbocycles. The van der Waals surface area contributed by atoms with E-state index in [1.807, 2.05) is 36.4 Å². The number of hydrogen-bond donors (Lipinski definition) is 1. The van der Waals surface area contributed by atoms with Crippen molar-refractivity contribution >= 4 is 38.9 Å². The second-order valence-corrected chi connectivity index (χ2v) is 7.96. The average molecular weight is 439 g/mol. The quantitative estimate of drug-likeness (QED) is 0.592. The lowest BCUT2D eigenvalue weighted by Crippen LogP contribution is -2.13. The van der Waals surface area contributed by atoms with E-state index in [-0.39, 0.29) is 5.91 Å². The van der Waals surface area contributed by atoms with Crippen molar-refractivity contribution in [3.05, 3.63) is 69.0 Å². The molecule has 1 N–H and O–H groups in total. The number of fused-ring (bicyclic) bond motifs is 3. The van der Waals surface area contributed by atoms with Gasteiger partial charge in [-0.25, -0.2) is 0 Å². The van der Waals surface area contributed by atoms with Gasteiger partial charge in [-0.05, 0) is 62.8 Å². The van der Waals surface area contributed by atoms with E-state index in [4.69, 9.17) is 10.00 Å². The Labute approximate surface area is 169 Å². The zero-order valence-electron chi connectivity index (χ0n) is 14.3. The van der Waals surface area contributed by atoms with Gasteiger partial charge in [-0.2, -0.15) is 5.26 Å². The third-order valence-corrected chi connectivity index (χ3v) is 6.08. The summed E-state index contributed by atoms with van der Waals surface area (Å²) in [6.45, 7) is 0.629. The van der Waals surface area contributed by atoms with Gasteiger partial charge in [-0.3, -0.25) is 4.79 Å². The van der Waals surface area contributed by atoms with Crippen LogP contribution >= 0.6 is 27.3 Å². The van der Waals surface area contributed by atoms with Crippen molar-refractivity contribution in [2.75, 3.05) is 11.9 Å². The number of nitrogens with zero attached hydrogens (tertiary/aromatic N) is 1. The van der Waals surface area contributed by atoms with E-state index in [1.165, 1.54) is 5.56 Å². The summed E-state index contributed by atoms with van der Waals surface area (Å²) < 4.78 is 6.57. The Morgan fingerprint density at radius 2 is 2.07 bits per heavy atom. The van der Waals surface area contributed by atoms with Crippen LogP contribution in [-0.4, -0.2) is 12.5 Å². The standard InChI is InChI=1S/C21H15BrN2O2S/c22-18-12-19-17(20-14(6-9-26-19)7-10-27-20)11-16(18)21(25)24-15-3-1-13(2-4-15)5-8-23/h1-4,7,10-12H,5-6,9H2,(H,24,25). The van der Waals surface area contributed by atoms with Crippen LogP contribution in [0.1, 0.15) is 21.5 Å². The Balaban J connectivity index is 1.65. The van der Waals surface area contributed by atoms with Crippen LogP contribution in [0.3, 0.4) is 0 Å². The highest BCUT2D eigenvalue weighted by Crippen LogP contribution is 2.41. The first-order valence-electron chi connectivity index (χ1n) is 8.46. The van der Waals surface area contributed by atoms with Crippen LogP contribution in [0.15, 0.2) is 52.3 Å². The predicted molar refractivity (Wildman–Crippen MR) is 110 cm³/mol. The van der Waals surface area contributed by atoms with Crippen LogP contribution in [0.25, 0.3) is 10.4 Å². The Morgan fingerprint density at radius 3 is 2.85 bits per heavy atom. The van der Waals surface area contributed by atoms with E-state index in [2.05, 4.69) is 38.8 Å². The topological polar surface area (TPSA) is 62.1 Å². The average Bonchev–Trinajstić information content (AvgIpc) is 3.05. The first-order valence-corrected chi connectivity index (χ1v) is 10.1. The molecule has 2 aromatic carbocycles. The van der Waals surface area contributed by atoms with Crippen LogP contribution < -0.4 is 10.1 Å². The Morgan fingerprint density at radius 1 is 1.26 bits per heavy atom. The first-order chi connectivity index (χ1) is 13.2. The lowest BCUT2D eigenvalue weighted by Gasteiger charge is -2.12. The number of hydrogen-bond acceptors (Lipinski definition) is 4. The number of halogens is 1. The molecule has 1 amide bonds. The van der Waals surface area contributed by atoms with Crippen molar-refractivity contribution in [2.45, 2.75) is 12.8 Å². The lowest BCUT2D eigenvalue weighted by atomic mass is 10.0. The molecule has 0 spiro atoms. The molecule has 1 aromatic heterocycles. The molecular formula is C21H15BrN2O2S. The highest BCUT2D eigenvalue weighted by molar-refractivity contribution is 9.10. The molecule has 0 atom stereocenters. The number of nitriles is 1. The maximum absolute atomic E-state index is 12.8. The van der Waals surface area contributed by atoms with Crippen LogP contribution in [0.4, 0.5) is 5.69 Å².